The van der Waals surface area contributed by atoms with Crippen molar-refractivity contribution in [1.82, 2.24) is 15.2 Å². The third kappa shape index (κ3) is 2.67. The van der Waals surface area contributed by atoms with Crippen LogP contribution in [0.2, 0.25) is 0 Å². The number of rotatable bonds is 2. The summed E-state index contributed by atoms with van der Waals surface area (Å²) in [4.78, 5) is 14.0. The van der Waals surface area contributed by atoms with E-state index in [1.165, 1.54) is 17.4 Å². The summed E-state index contributed by atoms with van der Waals surface area (Å²) in [7, 11) is 0. The van der Waals surface area contributed by atoms with Crippen LogP contribution in [0.25, 0.3) is 10.7 Å². The first kappa shape index (κ1) is 13.0. The summed E-state index contributed by atoms with van der Waals surface area (Å²) in [5.41, 5.74) is 0.765. The van der Waals surface area contributed by atoms with Crippen LogP contribution in [-0.4, -0.2) is 15.2 Å². The Morgan fingerprint density at radius 1 is 1.28 bits per heavy atom. The van der Waals surface area contributed by atoms with Gasteiger partial charge in [0.2, 0.25) is 5.56 Å². The number of aromatic amines is 1. The first-order chi connectivity index (χ1) is 8.38. The molecule has 0 aliphatic carbocycles. The summed E-state index contributed by atoms with van der Waals surface area (Å²) in [6, 6.07) is 5.05. The molecule has 1 atom stereocenters. The van der Waals surface area contributed by atoms with Crippen LogP contribution in [0.5, 0.6) is 0 Å². The molecule has 2 heterocycles. The average molecular weight is 263 g/mol. The molecular weight excluding hydrogens is 246 g/mol. The molecule has 0 aliphatic rings. The minimum absolute atomic E-state index is 0.117. The molecule has 0 bridgehead atoms. The van der Waals surface area contributed by atoms with Gasteiger partial charge in [-0.25, -0.2) is 0 Å². The lowest BCUT2D eigenvalue weighted by atomic mass is 9.83. The minimum Gasteiger partial charge on any atom is -0.320 e. The summed E-state index contributed by atoms with van der Waals surface area (Å²) in [5, 5.41) is 10.2. The van der Waals surface area contributed by atoms with E-state index >= 15 is 0 Å². The smallest absolute Gasteiger partial charge is 0.248 e. The fourth-order valence-corrected chi connectivity index (χ4v) is 2.58. The van der Waals surface area contributed by atoms with E-state index in [2.05, 4.69) is 42.9 Å². The van der Waals surface area contributed by atoms with Crippen molar-refractivity contribution in [2.75, 3.05) is 0 Å². The van der Waals surface area contributed by atoms with Crippen molar-refractivity contribution in [2.24, 2.45) is 5.41 Å². The number of aromatic nitrogens is 3. The number of H-pyrrole nitrogens is 1. The van der Waals surface area contributed by atoms with Gasteiger partial charge in [0, 0.05) is 12.0 Å². The van der Waals surface area contributed by atoms with Gasteiger partial charge in [-0.2, -0.15) is 0 Å². The van der Waals surface area contributed by atoms with E-state index in [1.54, 1.807) is 6.07 Å². The van der Waals surface area contributed by atoms with Crippen LogP contribution >= 0.6 is 11.3 Å². The molecular formula is C13H17N3OS. The van der Waals surface area contributed by atoms with Crippen molar-refractivity contribution < 1.29 is 0 Å². The van der Waals surface area contributed by atoms with Crippen LogP contribution in [0, 0.1) is 5.41 Å². The number of hydrogen-bond acceptors (Lipinski definition) is 4. The first-order valence-corrected chi connectivity index (χ1v) is 6.72. The third-order valence-corrected chi connectivity index (χ3v) is 4.25. The van der Waals surface area contributed by atoms with E-state index in [9.17, 15) is 4.79 Å². The lowest BCUT2D eigenvalue weighted by molar-refractivity contribution is 0.337. The second-order valence-electron chi connectivity index (χ2n) is 5.46. The molecule has 1 unspecified atom stereocenters. The Hall–Kier alpha value is -1.49. The van der Waals surface area contributed by atoms with Crippen molar-refractivity contribution in [3.63, 3.8) is 0 Å². The highest BCUT2D eigenvalue weighted by Gasteiger charge is 2.25. The zero-order valence-corrected chi connectivity index (χ0v) is 11.8. The molecule has 0 saturated carbocycles. The Morgan fingerprint density at radius 2 is 2.00 bits per heavy atom. The predicted octanol–water partition coefficient (Wildman–Crippen LogP) is 3.04. The van der Waals surface area contributed by atoms with Crippen LogP contribution in [-0.2, 0) is 0 Å². The minimum atomic E-state index is -0.117. The zero-order chi connectivity index (χ0) is 13.3. The van der Waals surface area contributed by atoms with Gasteiger partial charge >= 0.3 is 0 Å². The van der Waals surface area contributed by atoms with E-state index in [0.29, 0.717) is 5.92 Å². The summed E-state index contributed by atoms with van der Waals surface area (Å²) in [6.07, 6.45) is 0. The molecule has 0 radical (unpaired) electrons. The number of hydrogen-bond donors (Lipinski definition) is 1. The first-order valence-electron chi connectivity index (χ1n) is 5.91. The largest absolute Gasteiger partial charge is 0.320 e. The van der Waals surface area contributed by atoms with E-state index in [1.807, 2.05) is 6.07 Å². The molecule has 0 amide bonds. The second-order valence-corrected chi connectivity index (χ2v) is 6.47. The third-order valence-electron chi connectivity index (χ3n) is 3.11. The molecule has 96 valence electrons. The van der Waals surface area contributed by atoms with Crippen molar-refractivity contribution in [1.29, 1.82) is 0 Å². The molecule has 1 N–H and O–H groups in total. The molecule has 18 heavy (non-hydrogen) atoms. The highest BCUT2D eigenvalue weighted by molar-refractivity contribution is 7.14. The number of nitrogens with one attached hydrogen (secondary N) is 1. The summed E-state index contributed by atoms with van der Waals surface area (Å²) in [5.74, 6) is 0.333. The van der Waals surface area contributed by atoms with Crippen molar-refractivity contribution in [2.45, 2.75) is 33.6 Å². The fraction of sp³-hybridized carbons (Fsp3) is 0.462. The van der Waals surface area contributed by atoms with Crippen molar-refractivity contribution >= 4 is 11.3 Å². The molecule has 2 aromatic rings. The number of nitrogens with zero attached hydrogens (tertiary/aromatic N) is 2. The molecule has 2 aromatic heterocycles. The predicted molar refractivity (Wildman–Crippen MR) is 73.8 cm³/mol. The Bertz CT molecular complexity index is 595. The van der Waals surface area contributed by atoms with Crippen molar-refractivity contribution in [3.8, 4) is 10.7 Å². The van der Waals surface area contributed by atoms with Gasteiger partial charge in [0.05, 0.1) is 5.69 Å². The molecule has 0 saturated heterocycles. The molecule has 4 nitrogen and oxygen atoms in total. The van der Waals surface area contributed by atoms with Gasteiger partial charge in [0.25, 0.3) is 0 Å². The van der Waals surface area contributed by atoms with E-state index in [0.717, 1.165) is 15.7 Å². The van der Waals surface area contributed by atoms with Crippen LogP contribution in [0.1, 0.15) is 38.6 Å². The topological polar surface area (TPSA) is 58.6 Å². The molecule has 5 heteroatoms. The Balaban J connectivity index is 2.34. The van der Waals surface area contributed by atoms with Gasteiger partial charge in [-0.3, -0.25) is 4.79 Å². The molecule has 0 aliphatic heterocycles. The standard InChI is InChI=1S/C13H17N3OS/c1-8(13(2,3)4)11-15-16-12(18-11)9-6-5-7-10(17)14-9/h5-8H,1-4H3,(H,14,17). The molecule has 2 rings (SSSR count). The normalized spacial score (nSPS) is 13.6. The lowest BCUT2D eigenvalue weighted by Crippen LogP contribution is -2.14. The summed E-state index contributed by atoms with van der Waals surface area (Å²) in [6.45, 7) is 8.70. The second kappa shape index (κ2) is 4.65. The van der Waals surface area contributed by atoms with Gasteiger partial charge in [-0.15, -0.1) is 10.2 Å². The number of pyridine rings is 1. The Kier molecular flexibility index (Phi) is 3.34. The highest BCUT2D eigenvalue weighted by atomic mass is 32.1. The SMILES string of the molecule is CC(c1nnc(-c2cccc(=O)[nH]2)s1)C(C)(C)C. The monoisotopic (exact) mass is 263 g/mol. The zero-order valence-electron chi connectivity index (χ0n) is 11.0. The van der Waals surface area contributed by atoms with Crippen LogP contribution in [0.15, 0.2) is 23.0 Å². The van der Waals surface area contributed by atoms with Gasteiger partial charge < -0.3 is 4.98 Å². The maximum Gasteiger partial charge on any atom is 0.248 e. The van der Waals surface area contributed by atoms with Crippen molar-refractivity contribution in [3.05, 3.63) is 33.6 Å². The summed E-state index contributed by atoms with van der Waals surface area (Å²) >= 11 is 1.54. The van der Waals surface area contributed by atoms with Crippen LogP contribution in [0.4, 0.5) is 0 Å². The quantitative estimate of drug-likeness (QED) is 0.906. The highest BCUT2D eigenvalue weighted by Crippen LogP contribution is 2.37. The van der Waals surface area contributed by atoms with Crippen LogP contribution < -0.4 is 5.56 Å². The van der Waals surface area contributed by atoms with Gasteiger partial charge in [-0.1, -0.05) is 45.1 Å². The fourth-order valence-electron chi connectivity index (χ4n) is 1.46. The van der Waals surface area contributed by atoms with Gasteiger partial charge in [0.1, 0.15) is 5.01 Å². The van der Waals surface area contributed by atoms with Crippen LogP contribution in [0.3, 0.4) is 0 Å². The molecule has 0 spiro atoms. The summed E-state index contributed by atoms with van der Waals surface area (Å²) < 4.78 is 0. The molecule has 0 aromatic carbocycles. The van der Waals surface area contributed by atoms with E-state index in [4.69, 9.17) is 0 Å². The van der Waals surface area contributed by atoms with E-state index in [-0.39, 0.29) is 11.0 Å². The average Bonchev–Trinajstić information content (AvgIpc) is 2.75. The van der Waals surface area contributed by atoms with Gasteiger partial charge in [-0.05, 0) is 11.5 Å². The van der Waals surface area contributed by atoms with E-state index < -0.39 is 0 Å². The Labute approximate surface area is 110 Å². The van der Waals surface area contributed by atoms with Gasteiger partial charge in [0.15, 0.2) is 5.01 Å². The maximum absolute atomic E-state index is 11.3. The molecule has 0 fully saturated rings. The Morgan fingerprint density at radius 3 is 2.61 bits per heavy atom. The maximum atomic E-state index is 11.3. The lowest BCUT2D eigenvalue weighted by Gasteiger charge is -2.24.